The standard InChI is InChI=1S/C15H16FNO2/c16-13-6-11(7-14(18)8-13)9-17-10-15(19)12-4-2-1-3-5-12/h1-8,15,17-19H,9-10H2. The zero-order valence-corrected chi connectivity index (χ0v) is 10.4. The molecule has 0 saturated heterocycles. The molecule has 2 aromatic carbocycles. The van der Waals surface area contributed by atoms with Crippen molar-refractivity contribution >= 4 is 0 Å². The molecule has 3 N–H and O–H groups in total. The van der Waals surface area contributed by atoms with E-state index in [-0.39, 0.29) is 5.75 Å². The summed E-state index contributed by atoms with van der Waals surface area (Å²) in [6.07, 6.45) is -0.608. The summed E-state index contributed by atoms with van der Waals surface area (Å²) < 4.78 is 13.0. The molecular formula is C15H16FNO2. The van der Waals surface area contributed by atoms with Gasteiger partial charge in [0, 0.05) is 19.2 Å². The third-order valence-electron chi connectivity index (χ3n) is 2.79. The van der Waals surface area contributed by atoms with E-state index in [4.69, 9.17) is 0 Å². The molecule has 100 valence electrons. The monoisotopic (exact) mass is 261 g/mol. The number of hydrogen-bond donors (Lipinski definition) is 3. The summed E-state index contributed by atoms with van der Waals surface area (Å²) in [7, 11) is 0. The van der Waals surface area contributed by atoms with Crippen molar-refractivity contribution in [2.24, 2.45) is 0 Å². The van der Waals surface area contributed by atoms with E-state index < -0.39 is 11.9 Å². The molecule has 0 aliphatic carbocycles. The molecule has 0 radical (unpaired) electrons. The fourth-order valence-corrected chi connectivity index (χ4v) is 1.88. The van der Waals surface area contributed by atoms with Gasteiger partial charge in [-0.25, -0.2) is 4.39 Å². The number of rotatable bonds is 5. The van der Waals surface area contributed by atoms with Crippen LogP contribution in [-0.4, -0.2) is 16.8 Å². The Labute approximate surface area is 111 Å². The van der Waals surface area contributed by atoms with E-state index >= 15 is 0 Å². The van der Waals surface area contributed by atoms with E-state index in [1.807, 2.05) is 30.3 Å². The number of aliphatic hydroxyl groups excluding tert-OH is 1. The van der Waals surface area contributed by atoms with Crippen LogP contribution in [0.5, 0.6) is 5.75 Å². The largest absolute Gasteiger partial charge is 0.508 e. The van der Waals surface area contributed by atoms with Gasteiger partial charge in [0.1, 0.15) is 11.6 Å². The lowest BCUT2D eigenvalue weighted by Crippen LogP contribution is -2.21. The molecule has 4 heteroatoms. The summed E-state index contributed by atoms with van der Waals surface area (Å²) in [5.74, 6) is -0.569. The van der Waals surface area contributed by atoms with Gasteiger partial charge in [-0.3, -0.25) is 0 Å². The summed E-state index contributed by atoms with van der Waals surface area (Å²) in [6.45, 7) is 0.747. The van der Waals surface area contributed by atoms with Crippen LogP contribution < -0.4 is 5.32 Å². The Morgan fingerprint density at radius 2 is 1.84 bits per heavy atom. The van der Waals surface area contributed by atoms with Crippen molar-refractivity contribution in [2.75, 3.05) is 6.54 Å². The van der Waals surface area contributed by atoms with Crippen LogP contribution >= 0.6 is 0 Å². The van der Waals surface area contributed by atoms with Gasteiger partial charge in [0.15, 0.2) is 0 Å². The highest BCUT2D eigenvalue weighted by Crippen LogP contribution is 2.15. The van der Waals surface area contributed by atoms with Crippen LogP contribution in [0.1, 0.15) is 17.2 Å². The van der Waals surface area contributed by atoms with Crippen molar-refractivity contribution in [1.29, 1.82) is 0 Å². The fourth-order valence-electron chi connectivity index (χ4n) is 1.88. The van der Waals surface area contributed by atoms with Gasteiger partial charge < -0.3 is 15.5 Å². The highest BCUT2D eigenvalue weighted by molar-refractivity contribution is 5.28. The van der Waals surface area contributed by atoms with Gasteiger partial charge in [0.25, 0.3) is 0 Å². The van der Waals surface area contributed by atoms with Crippen LogP contribution in [0, 0.1) is 5.82 Å². The minimum atomic E-state index is -0.608. The van der Waals surface area contributed by atoms with Crippen LogP contribution in [0.4, 0.5) is 4.39 Å². The topological polar surface area (TPSA) is 52.5 Å². The van der Waals surface area contributed by atoms with Gasteiger partial charge in [-0.05, 0) is 23.3 Å². The van der Waals surface area contributed by atoms with Crippen LogP contribution in [0.3, 0.4) is 0 Å². The van der Waals surface area contributed by atoms with E-state index in [0.717, 1.165) is 11.6 Å². The lowest BCUT2D eigenvalue weighted by molar-refractivity contribution is 0.174. The number of hydrogen-bond acceptors (Lipinski definition) is 3. The number of halogens is 1. The van der Waals surface area contributed by atoms with Crippen LogP contribution in [0.2, 0.25) is 0 Å². The second kappa shape index (κ2) is 6.31. The number of phenols is 1. The molecule has 0 amide bonds. The van der Waals surface area contributed by atoms with E-state index in [0.29, 0.717) is 18.7 Å². The van der Waals surface area contributed by atoms with Gasteiger partial charge in [-0.15, -0.1) is 0 Å². The first-order valence-corrected chi connectivity index (χ1v) is 6.07. The Kier molecular flexibility index (Phi) is 4.49. The first-order valence-electron chi connectivity index (χ1n) is 6.07. The summed E-state index contributed by atoms with van der Waals surface area (Å²) in [6, 6.07) is 13.2. The molecule has 1 unspecified atom stereocenters. The Bertz CT molecular complexity index is 511. The SMILES string of the molecule is Oc1cc(F)cc(CNCC(O)c2ccccc2)c1. The van der Waals surface area contributed by atoms with Gasteiger partial charge >= 0.3 is 0 Å². The second-order valence-corrected chi connectivity index (χ2v) is 4.38. The maximum atomic E-state index is 13.0. The van der Waals surface area contributed by atoms with Crippen molar-refractivity contribution < 1.29 is 14.6 Å². The lowest BCUT2D eigenvalue weighted by atomic mass is 10.1. The van der Waals surface area contributed by atoms with Gasteiger partial charge in [-0.2, -0.15) is 0 Å². The molecule has 0 heterocycles. The molecule has 3 nitrogen and oxygen atoms in total. The molecule has 0 aliphatic rings. The van der Waals surface area contributed by atoms with Crippen molar-refractivity contribution in [3.8, 4) is 5.75 Å². The highest BCUT2D eigenvalue weighted by atomic mass is 19.1. The molecule has 2 aromatic rings. The van der Waals surface area contributed by atoms with Crippen molar-refractivity contribution in [2.45, 2.75) is 12.6 Å². The maximum absolute atomic E-state index is 13.0. The maximum Gasteiger partial charge on any atom is 0.127 e. The zero-order valence-electron chi connectivity index (χ0n) is 10.4. The van der Waals surface area contributed by atoms with E-state index in [1.54, 1.807) is 0 Å². The van der Waals surface area contributed by atoms with Crippen LogP contribution in [0.15, 0.2) is 48.5 Å². The quantitative estimate of drug-likeness (QED) is 0.774. The molecule has 0 spiro atoms. The average Bonchev–Trinajstić information content (AvgIpc) is 2.38. The summed E-state index contributed by atoms with van der Waals surface area (Å²) >= 11 is 0. The molecule has 0 bridgehead atoms. The normalized spacial score (nSPS) is 12.3. The Morgan fingerprint density at radius 1 is 1.11 bits per heavy atom. The van der Waals surface area contributed by atoms with Crippen molar-refractivity contribution in [3.63, 3.8) is 0 Å². The Morgan fingerprint density at radius 3 is 2.53 bits per heavy atom. The average molecular weight is 261 g/mol. The molecule has 0 aliphatic heterocycles. The van der Waals surface area contributed by atoms with Crippen LogP contribution in [0.25, 0.3) is 0 Å². The molecule has 0 aromatic heterocycles. The molecular weight excluding hydrogens is 245 g/mol. The van der Waals surface area contributed by atoms with Gasteiger partial charge in [0.05, 0.1) is 6.10 Å². The lowest BCUT2D eigenvalue weighted by Gasteiger charge is -2.12. The first-order chi connectivity index (χ1) is 9.15. The van der Waals surface area contributed by atoms with Crippen molar-refractivity contribution in [3.05, 3.63) is 65.5 Å². The van der Waals surface area contributed by atoms with E-state index in [1.165, 1.54) is 12.1 Å². The Balaban J connectivity index is 1.86. The Hall–Kier alpha value is -1.91. The third kappa shape index (κ3) is 4.05. The molecule has 19 heavy (non-hydrogen) atoms. The zero-order chi connectivity index (χ0) is 13.7. The summed E-state index contributed by atoms with van der Waals surface area (Å²) in [4.78, 5) is 0. The third-order valence-corrected chi connectivity index (χ3v) is 2.79. The van der Waals surface area contributed by atoms with Gasteiger partial charge in [0.2, 0.25) is 0 Å². The predicted octanol–water partition coefficient (Wildman–Crippen LogP) is 2.35. The van der Waals surface area contributed by atoms with E-state index in [9.17, 15) is 14.6 Å². The summed E-state index contributed by atoms with van der Waals surface area (Å²) in [5, 5.41) is 22.2. The molecule has 1 atom stereocenters. The van der Waals surface area contributed by atoms with Crippen molar-refractivity contribution in [1.82, 2.24) is 5.32 Å². The van der Waals surface area contributed by atoms with E-state index in [2.05, 4.69) is 5.32 Å². The number of benzene rings is 2. The fraction of sp³-hybridized carbons (Fsp3) is 0.200. The minimum Gasteiger partial charge on any atom is -0.508 e. The summed E-state index contributed by atoms with van der Waals surface area (Å²) in [5.41, 5.74) is 1.47. The molecule has 0 saturated carbocycles. The van der Waals surface area contributed by atoms with Crippen LogP contribution in [-0.2, 0) is 6.54 Å². The van der Waals surface area contributed by atoms with Gasteiger partial charge in [-0.1, -0.05) is 30.3 Å². The number of aliphatic hydroxyl groups is 1. The first kappa shape index (κ1) is 13.5. The molecule has 0 fully saturated rings. The smallest absolute Gasteiger partial charge is 0.127 e. The number of nitrogens with one attached hydrogen (secondary N) is 1. The second-order valence-electron chi connectivity index (χ2n) is 4.38. The minimum absolute atomic E-state index is 0.0968. The number of phenolic OH excluding ortho intramolecular Hbond substituents is 1. The molecule has 2 rings (SSSR count). The highest BCUT2D eigenvalue weighted by Gasteiger charge is 2.06. The number of aromatic hydroxyl groups is 1. The predicted molar refractivity (Wildman–Crippen MR) is 71.2 cm³/mol.